The first kappa shape index (κ1) is 33.6. The highest BCUT2D eigenvalue weighted by atomic mass is 14.5. The minimum atomic E-state index is 0.0159. The van der Waals surface area contributed by atoms with Crippen molar-refractivity contribution in [2.24, 2.45) is 0 Å². The fourth-order valence-corrected chi connectivity index (χ4v) is 11.4. The van der Waals surface area contributed by atoms with E-state index in [4.69, 9.17) is 0 Å². The Kier molecular flexibility index (Phi) is 6.72. The first-order valence-corrected chi connectivity index (χ1v) is 20.5. The molecule has 12 rings (SSSR count). The van der Waals surface area contributed by atoms with Crippen molar-refractivity contribution >= 4 is 21.5 Å². The van der Waals surface area contributed by atoms with Gasteiger partial charge in [-0.3, -0.25) is 0 Å². The zero-order valence-electron chi connectivity index (χ0n) is 33.9. The molecule has 0 saturated heterocycles. The predicted molar refractivity (Wildman–Crippen MR) is 238 cm³/mol. The van der Waals surface area contributed by atoms with E-state index in [0.717, 1.165) is 6.42 Å². The molecule has 0 fully saturated rings. The monoisotopic (exact) mass is 720 g/mol. The number of benzene rings is 8. The molecular formula is C56H48. The summed E-state index contributed by atoms with van der Waals surface area (Å²) in [6.45, 7) is 18.8. The topological polar surface area (TPSA) is 0 Å². The summed E-state index contributed by atoms with van der Waals surface area (Å²) in [7, 11) is 0. The molecule has 0 saturated carbocycles. The lowest BCUT2D eigenvalue weighted by Crippen LogP contribution is -2.24. The SMILES string of the molecule is Cc1cccc2c1-c1cc3c(cc1C2(C)C)C(C)(C)c1ccc2ccccc2c1-3.Cc1cccc2c1-c1cc3c(cc1C2)C(C)(C)c1cccc2cccc-3c12. The second-order valence-corrected chi connectivity index (χ2v) is 18.6. The Bertz CT molecular complexity index is 3030. The van der Waals surface area contributed by atoms with Crippen molar-refractivity contribution in [3.63, 3.8) is 0 Å². The van der Waals surface area contributed by atoms with Gasteiger partial charge in [0.05, 0.1) is 0 Å². The largest absolute Gasteiger partial charge is 0.0617 e. The second-order valence-electron chi connectivity index (χ2n) is 18.6. The van der Waals surface area contributed by atoms with Crippen LogP contribution in [-0.4, -0.2) is 0 Å². The van der Waals surface area contributed by atoms with E-state index >= 15 is 0 Å². The lowest BCUT2D eigenvalue weighted by atomic mass is 9.68. The molecule has 56 heavy (non-hydrogen) atoms. The summed E-state index contributed by atoms with van der Waals surface area (Å²) in [6, 6.07) is 50.5. The summed E-state index contributed by atoms with van der Waals surface area (Å²) in [5.74, 6) is 0. The van der Waals surface area contributed by atoms with Crippen LogP contribution in [0.5, 0.6) is 0 Å². The number of rotatable bonds is 0. The van der Waals surface area contributed by atoms with Crippen LogP contribution in [0.3, 0.4) is 0 Å². The molecule has 0 unspecified atom stereocenters. The summed E-state index contributed by atoms with van der Waals surface area (Å²) in [5, 5.41) is 5.48. The third kappa shape index (κ3) is 4.31. The van der Waals surface area contributed by atoms with Crippen molar-refractivity contribution in [3.8, 4) is 44.5 Å². The maximum atomic E-state index is 2.53. The number of aryl methyl sites for hydroxylation is 2. The van der Waals surface area contributed by atoms with Gasteiger partial charge in [0.25, 0.3) is 0 Å². The van der Waals surface area contributed by atoms with E-state index in [0.29, 0.717) is 0 Å². The van der Waals surface area contributed by atoms with E-state index in [1.807, 2.05) is 0 Å². The highest BCUT2D eigenvalue weighted by Crippen LogP contribution is 2.58. The highest BCUT2D eigenvalue weighted by Gasteiger charge is 2.42. The van der Waals surface area contributed by atoms with Gasteiger partial charge >= 0.3 is 0 Å². The van der Waals surface area contributed by atoms with Crippen molar-refractivity contribution in [3.05, 3.63) is 189 Å². The van der Waals surface area contributed by atoms with E-state index in [1.165, 1.54) is 122 Å². The molecule has 0 amide bonds. The molecule has 0 bridgehead atoms. The van der Waals surface area contributed by atoms with Crippen molar-refractivity contribution in [2.75, 3.05) is 0 Å². The molecule has 4 aliphatic rings. The summed E-state index contributed by atoms with van der Waals surface area (Å²) in [4.78, 5) is 0. The minimum absolute atomic E-state index is 0.0159. The van der Waals surface area contributed by atoms with E-state index in [1.54, 1.807) is 0 Å². The summed E-state index contributed by atoms with van der Waals surface area (Å²) in [6.07, 6.45) is 1.06. The van der Waals surface area contributed by atoms with Gasteiger partial charge in [0.15, 0.2) is 0 Å². The molecule has 0 nitrogen and oxygen atoms in total. The van der Waals surface area contributed by atoms with Crippen LogP contribution in [0.15, 0.2) is 133 Å². The first-order chi connectivity index (χ1) is 26.9. The van der Waals surface area contributed by atoms with Gasteiger partial charge in [0.1, 0.15) is 0 Å². The summed E-state index contributed by atoms with van der Waals surface area (Å²) in [5.41, 5.74) is 26.0. The summed E-state index contributed by atoms with van der Waals surface area (Å²) >= 11 is 0. The molecule has 0 atom stereocenters. The Morgan fingerprint density at radius 2 is 0.929 bits per heavy atom. The normalized spacial score (nSPS) is 16.2. The van der Waals surface area contributed by atoms with Crippen molar-refractivity contribution < 1.29 is 0 Å². The van der Waals surface area contributed by atoms with Crippen LogP contribution in [0.25, 0.3) is 66.1 Å². The van der Waals surface area contributed by atoms with E-state index in [-0.39, 0.29) is 16.2 Å². The standard InChI is InChI=1S/C29H26.C27H22/c1-17-9-8-12-22-26(17)20-15-21-25(16-24(20)28(22,2)3)29(4,5)23-14-13-18-10-6-7-11-19(18)27(21)23;1-16-7-4-10-18-13-19-14-24-22(15-21(19)25(16)18)20-11-5-8-17-9-6-12-23(26(17)20)27(24,2)3/h6-16H,1-5H3;4-12,14-15H,13H2,1-3H3. The Balaban J connectivity index is 0.000000130. The van der Waals surface area contributed by atoms with Crippen LogP contribution in [0.4, 0.5) is 0 Å². The van der Waals surface area contributed by atoms with Crippen LogP contribution < -0.4 is 0 Å². The molecule has 0 aliphatic heterocycles. The van der Waals surface area contributed by atoms with Gasteiger partial charge in [0.2, 0.25) is 0 Å². The van der Waals surface area contributed by atoms with Gasteiger partial charge in [-0.1, -0.05) is 163 Å². The van der Waals surface area contributed by atoms with E-state index < -0.39 is 0 Å². The molecule has 8 aromatic rings. The minimum Gasteiger partial charge on any atom is -0.0617 e. The van der Waals surface area contributed by atoms with Gasteiger partial charge in [0, 0.05) is 16.2 Å². The van der Waals surface area contributed by atoms with Crippen molar-refractivity contribution in [1.29, 1.82) is 0 Å². The second kappa shape index (κ2) is 11.2. The molecule has 272 valence electrons. The van der Waals surface area contributed by atoms with Gasteiger partial charge < -0.3 is 0 Å². The average molecular weight is 721 g/mol. The number of hydrogen-bond acceptors (Lipinski definition) is 0. The Labute approximate surface area is 331 Å². The van der Waals surface area contributed by atoms with Crippen LogP contribution in [0.1, 0.15) is 97.2 Å². The van der Waals surface area contributed by atoms with Gasteiger partial charge in [-0.05, 0) is 154 Å². The van der Waals surface area contributed by atoms with Crippen LogP contribution in [0, 0.1) is 13.8 Å². The third-order valence-corrected chi connectivity index (χ3v) is 14.4. The van der Waals surface area contributed by atoms with Gasteiger partial charge in [-0.25, -0.2) is 0 Å². The lowest BCUT2D eigenvalue weighted by Gasteiger charge is -2.35. The van der Waals surface area contributed by atoms with Gasteiger partial charge in [-0.2, -0.15) is 0 Å². The average Bonchev–Trinajstić information content (AvgIpc) is 3.76. The Morgan fingerprint density at radius 3 is 1.71 bits per heavy atom. The van der Waals surface area contributed by atoms with Gasteiger partial charge in [-0.15, -0.1) is 0 Å². The van der Waals surface area contributed by atoms with Crippen molar-refractivity contribution in [2.45, 2.75) is 78.1 Å². The highest BCUT2D eigenvalue weighted by molar-refractivity contribution is 6.05. The number of fused-ring (bicyclic) bond motifs is 13. The molecular weight excluding hydrogens is 673 g/mol. The van der Waals surface area contributed by atoms with Crippen LogP contribution in [-0.2, 0) is 22.7 Å². The summed E-state index contributed by atoms with van der Waals surface area (Å²) < 4.78 is 0. The maximum Gasteiger partial charge on any atom is 0.0159 e. The maximum absolute atomic E-state index is 2.53. The Hall–Kier alpha value is -5.72. The fourth-order valence-electron chi connectivity index (χ4n) is 11.4. The molecule has 0 heterocycles. The van der Waals surface area contributed by atoms with Crippen LogP contribution in [0.2, 0.25) is 0 Å². The van der Waals surface area contributed by atoms with Crippen LogP contribution >= 0.6 is 0 Å². The predicted octanol–water partition coefficient (Wildman–Crippen LogP) is 14.8. The molecule has 4 aliphatic carbocycles. The smallest absolute Gasteiger partial charge is 0.0159 e. The fraction of sp³-hybridized carbons (Fsp3) is 0.214. The molecule has 0 aromatic heterocycles. The lowest BCUT2D eigenvalue weighted by molar-refractivity contribution is 0.639. The van der Waals surface area contributed by atoms with Crippen molar-refractivity contribution in [1.82, 2.24) is 0 Å². The third-order valence-electron chi connectivity index (χ3n) is 14.4. The molecule has 0 N–H and O–H groups in total. The molecule has 8 aromatic carbocycles. The Morgan fingerprint density at radius 1 is 0.357 bits per heavy atom. The molecule has 0 spiro atoms. The van der Waals surface area contributed by atoms with E-state index in [9.17, 15) is 0 Å². The molecule has 0 radical (unpaired) electrons. The van der Waals surface area contributed by atoms with E-state index in [2.05, 4.69) is 189 Å². The zero-order chi connectivity index (χ0) is 38.5. The first-order valence-electron chi connectivity index (χ1n) is 20.5. The molecule has 0 heteroatoms. The zero-order valence-corrected chi connectivity index (χ0v) is 33.9. The number of hydrogen-bond donors (Lipinski definition) is 0. The quantitative estimate of drug-likeness (QED) is 0.146.